The standard InChI is InChI=1S/C13H24O7Si4/c1-14-22(15-2)10-7-13(20-21,8-11-23(16-3)17-4)9-12-24(18-5)19-6/h22-24H,1-6,21H3. The molecule has 11 heteroatoms. The molecule has 0 aliphatic heterocycles. The Bertz CT molecular complexity index is 454. The van der Waals surface area contributed by atoms with Gasteiger partial charge in [-0.15, -0.1) is 0 Å². The fourth-order valence-electron chi connectivity index (χ4n) is 1.37. The van der Waals surface area contributed by atoms with E-state index in [0.29, 0.717) is 10.5 Å². The van der Waals surface area contributed by atoms with Crippen molar-refractivity contribution in [2.75, 3.05) is 42.7 Å². The van der Waals surface area contributed by atoms with Crippen molar-refractivity contribution in [1.82, 2.24) is 0 Å². The molecule has 0 spiro atoms. The summed E-state index contributed by atoms with van der Waals surface area (Å²) < 4.78 is 36.8. The highest BCUT2D eigenvalue weighted by Gasteiger charge is 2.23. The van der Waals surface area contributed by atoms with Crippen molar-refractivity contribution < 1.29 is 31.0 Å². The minimum absolute atomic E-state index is 0.379. The van der Waals surface area contributed by atoms with Gasteiger partial charge in [-0.05, 0) is 17.8 Å². The third kappa shape index (κ3) is 8.39. The molecule has 0 amide bonds. The van der Waals surface area contributed by atoms with Gasteiger partial charge < -0.3 is 31.0 Å². The maximum Gasteiger partial charge on any atom is 0.407 e. The van der Waals surface area contributed by atoms with E-state index in [0.717, 1.165) is 0 Å². The zero-order chi connectivity index (χ0) is 18.4. The van der Waals surface area contributed by atoms with Gasteiger partial charge in [-0.3, -0.25) is 0 Å². The van der Waals surface area contributed by atoms with Gasteiger partial charge in [0.2, 0.25) is 5.60 Å². The van der Waals surface area contributed by atoms with Crippen LogP contribution in [0.4, 0.5) is 0 Å². The van der Waals surface area contributed by atoms with E-state index in [9.17, 15) is 0 Å². The summed E-state index contributed by atoms with van der Waals surface area (Å²) in [6, 6.07) is 0. The van der Waals surface area contributed by atoms with Crippen LogP contribution in [0.1, 0.15) is 0 Å². The van der Waals surface area contributed by atoms with Crippen LogP contribution in [0.5, 0.6) is 0 Å². The Morgan fingerprint density at radius 2 is 0.833 bits per heavy atom. The molecule has 24 heavy (non-hydrogen) atoms. The molecule has 7 nitrogen and oxygen atoms in total. The third-order valence-electron chi connectivity index (χ3n) is 2.69. The summed E-state index contributed by atoms with van der Waals surface area (Å²) in [4.78, 5) is 0. The van der Waals surface area contributed by atoms with Gasteiger partial charge in [0.15, 0.2) is 10.5 Å². The third-order valence-corrected chi connectivity index (χ3v) is 7.01. The van der Waals surface area contributed by atoms with Gasteiger partial charge >= 0.3 is 27.9 Å². The first-order chi connectivity index (χ1) is 11.5. The maximum atomic E-state index is 5.61. The van der Waals surface area contributed by atoms with Crippen LogP contribution in [-0.2, 0) is 31.0 Å². The minimum Gasteiger partial charge on any atom is -0.394 e. The van der Waals surface area contributed by atoms with E-state index in [1.54, 1.807) is 42.7 Å². The van der Waals surface area contributed by atoms with Crippen LogP contribution in [0.25, 0.3) is 0 Å². The molecule has 134 valence electrons. The van der Waals surface area contributed by atoms with Crippen molar-refractivity contribution >= 4 is 38.3 Å². The molecule has 0 rings (SSSR count). The van der Waals surface area contributed by atoms with E-state index < -0.39 is 33.5 Å². The van der Waals surface area contributed by atoms with E-state index in [4.69, 9.17) is 31.0 Å². The Balaban J connectivity index is 5.84. The van der Waals surface area contributed by atoms with Crippen molar-refractivity contribution in [2.45, 2.75) is 5.60 Å². The second kappa shape index (κ2) is 13.5. The van der Waals surface area contributed by atoms with Gasteiger partial charge in [0.05, 0.1) is 0 Å². The summed E-state index contributed by atoms with van der Waals surface area (Å²) in [5, 5.41) is 0. The summed E-state index contributed by atoms with van der Waals surface area (Å²) in [6.45, 7) is 0. The highest BCUT2D eigenvalue weighted by atomic mass is 28.3. The highest BCUT2D eigenvalue weighted by molar-refractivity contribution is 6.55. The molecule has 0 aliphatic carbocycles. The normalized spacial score (nSPS) is 10.9. The van der Waals surface area contributed by atoms with Crippen LogP contribution < -0.4 is 0 Å². The summed E-state index contributed by atoms with van der Waals surface area (Å²) in [7, 11) is 3.38. The topological polar surface area (TPSA) is 64.6 Å². The smallest absolute Gasteiger partial charge is 0.394 e. The molecule has 0 aromatic carbocycles. The van der Waals surface area contributed by atoms with E-state index in [1.807, 2.05) is 0 Å². The van der Waals surface area contributed by atoms with E-state index >= 15 is 0 Å². The Morgan fingerprint density at radius 3 is 1.00 bits per heavy atom. The lowest BCUT2D eigenvalue weighted by Crippen LogP contribution is -2.30. The lowest BCUT2D eigenvalue weighted by atomic mass is 10.1. The first kappa shape index (κ1) is 23.3. The Morgan fingerprint density at radius 1 is 0.583 bits per heavy atom. The molecular formula is C13H24O7Si4. The van der Waals surface area contributed by atoms with Crippen molar-refractivity contribution in [1.29, 1.82) is 0 Å². The average Bonchev–Trinajstić information content (AvgIpc) is 2.63. The summed E-state index contributed by atoms with van der Waals surface area (Å²) in [5.74, 6) is 8.82. The summed E-state index contributed by atoms with van der Waals surface area (Å²) >= 11 is 0. The van der Waals surface area contributed by atoms with E-state index in [1.165, 1.54) is 0 Å². The second-order valence-corrected chi connectivity index (χ2v) is 10.2. The molecule has 0 saturated carbocycles. The Labute approximate surface area is 152 Å². The molecule has 0 fully saturated rings. The fourth-order valence-corrected chi connectivity index (χ4v) is 3.92. The van der Waals surface area contributed by atoms with Crippen molar-refractivity contribution in [3.8, 4) is 34.4 Å². The van der Waals surface area contributed by atoms with Gasteiger partial charge in [0.1, 0.15) is 0 Å². The van der Waals surface area contributed by atoms with E-state index in [2.05, 4.69) is 34.4 Å². The first-order valence-corrected chi connectivity index (χ1v) is 12.2. The zero-order valence-corrected chi connectivity index (χ0v) is 20.6. The Kier molecular flexibility index (Phi) is 13.1. The number of hydrogen-bond acceptors (Lipinski definition) is 7. The molecule has 0 unspecified atom stereocenters. The summed E-state index contributed by atoms with van der Waals surface area (Å²) in [6.07, 6.45) is 0. The molecule has 0 aliphatic rings. The molecule has 0 aromatic rings. The molecule has 0 atom stereocenters. The predicted octanol–water partition coefficient (Wildman–Crippen LogP) is -2.81. The molecule has 0 aromatic heterocycles. The van der Waals surface area contributed by atoms with Gasteiger partial charge in [0, 0.05) is 42.7 Å². The second-order valence-electron chi connectivity index (χ2n) is 4.10. The number of rotatable bonds is 7. The molecule has 0 saturated heterocycles. The van der Waals surface area contributed by atoms with Gasteiger partial charge in [0.25, 0.3) is 0 Å². The van der Waals surface area contributed by atoms with Crippen LogP contribution in [-0.4, -0.2) is 86.6 Å². The lowest BCUT2D eigenvalue weighted by Gasteiger charge is -2.16. The van der Waals surface area contributed by atoms with Gasteiger partial charge in [-0.1, -0.05) is 16.6 Å². The highest BCUT2D eigenvalue weighted by Crippen LogP contribution is 2.07. The van der Waals surface area contributed by atoms with Crippen LogP contribution in [0.2, 0.25) is 0 Å². The van der Waals surface area contributed by atoms with Crippen LogP contribution in [0, 0.1) is 34.4 Å². The van der Waals surface area contributed by atoms with Crippen molar-refractivity contribution in [2.24, 2.45) is 0 Å². The van der Waals surface area contributed by atoms with Crippen molar-refractivity contribution in [3.05, 3.63) is 0 Å². The number of hydrogen-bond donors (Lipinski definition) is 0. The lowest BCUT2D eigenvalue weighted by molar-refractivity contribution is 0.273. The van der Waals surface area contributed by atoms with E-state index in [-0.39, 0.29) is 0 Å². The maximum absolute atomic E-state index is 5.61. The molecular weight excluding hydrogens is 380 g/mol. The van der Waals surface area contributed by atoms with Gasteiger partial charge in [-0.2, -0.15) is 0 Å². The van der Waals surface area contributed by atoms with Gasteiger partial charge in [-0.25, -0.2) is 0 Å². The molecule has 0 bridgehead atoms. The molecule has 0 radical (unpaired) electrons. The van der Waals surface area contributed by atoms with Crippen LogP contribution in [0.3, 0.4) is 0 Å². The molecule has 0 heterocycles. The summed E-state index contributed by atoms with van der Waals surface area (Å²) in [5.41, 5.74) is 7.54. The van der Waals surface area contributed by atoms with Crippen LogP contribution >= 0.6 is 0 Å². The largest absolute Gasteiger partial charge is 0.407 e. The predicted molar refractivity (Wildman–Crippen MR) is 101 cm³/mol. The quantitative estimate of drug-likeness (QED) is 0.335. The minimum atomic E-state index is -2.10. The molecule has 0 N–H and O–H groups in total. The van der Waals surface area contributed by atoms with Crippen molar-refractivity contribution in [3.63, 3.8) is 0 Å². The first-order valence-electron chi connectivity index (χ1n) is 6.84. The average molecular weight is 405 g/mol. The monoisotopic (exact) mass is 404 g/mol. The fraction of sp³-hybridized carbons (Fsp3) is 0.538. The SMILES string of the molecule is CO[SiH](C#CC(C#C[SiH](OC)OC)(C#C[SiH](OC)OC)O[SiH3])OC. The Hall–Kier alpha value is -0.732. The zero-order valence-electron chi connectivity index (χ0n) is 15.1. The van der Waals surface area contributed by atoms with Crippen LogP contribution in [0.15, 0.2) is 0 Å².